The lowest BCUT2D eigenvalue weighted by atomic mass is 9.94. The van der Waals surface area contributed by atoms with Gasteiger partial charge in [-0.05, 0) is 31.0 Å². The molecule has 2 rings (SSSR count). The van der Waals surface area contributed by atoms with Crippen molar-refractivity contribution in [3.8, 4) is 0 Å². The van der Waals surface area contributed by atoms with Gasteiger partial charge in [0.05, 0.1) is 5.75 Å². The molecule has 0 aromatic heterocycles. The van der Waals surface area contributed by atoms with Gasteiger partial charge < -0.3 is 5.32 Å². The summed E-state index contributed by atoms with van der Waals surface area (Å²) in [5, 5.41) is 3.07. The van der Waals surface area contributed by atoms with Gasteiger partial charge in [-0.2, -0.15) is 0 Å². The topological polar surface area (TPSA) is 49.4 Å². The van der Waals surface area contributed by atoms with Crippen LogP contribution in [-0.2, 0) is 22.3 Å². The van der Waals surface area contributed by atoms with Gasteiger partial charge in [-0.25, -0.2) is 12.7 Å². The Balaban J connectivity index is 2.02. The second-order valence-corrected chi connectivity index (χ2v) is 7.23. The lowest BCUT2D eigenvalue weighted by molar-refractivity contribution is 0.249. The largest absolute Gasteiger partial charge is 0.316 e. The third-order valence-electron chi connectivity index (χ3n) is 3.78. The number of benzene rings is 1. The molecule has 1 N–H and O–H groups in total. The number of sulfonamides is 1. The molecule has 1 aliphatic rings. The van der Waals surface area contributed by atoms with E-state index < -0.39 is 10.0 Å². The Labute approximate surface area is 115 Å². The van der Waals surface area contributed by atoms with Crippen LogP contribution in [-0.4, -0.2) is 32.9 Å². The highest BCUT2D eigenvalue weighted by Gasteiger charge is 2.30. The monoisotopic (exact) mass is 282 g/mol. The van der Waals surface area contributed by atoms with Gasteiger partial charge in [0, 0.05) is 19.6 Å². The van der Waals surface area contributed by atoms with Crippen LogP contribution in [0.15, 0.2) is 24.3 Å². The van der Waals surface area contributed by atoms with Gasteiger partial charge in [0.1, 0.15) is 0 Å². The van der Waals surface area contributed by atoms with Crippen molar-refractivity contribution in [2.45, 2.75) is 37.6 Å². The van der Waals surface area contributed by atoms with Crippen LogP contribution in [0.3, 0.4) is 0 Å². The SMILES string of the molecule is CNCc1ccc(CS(=O)(=O)N(C)C2CCC2)cc1. The zero-order valence-corrected chi connectivity index (χ0v) is 12.4. The van der Waals surface area contributed by atoms with Crippen molar-refractivity contribution in [2.75, 3.05) is 14.1 Å². The number of rotatable bonds is 6. The van der Waals surface area contributed by atoms with Crippen molar-refractivity contribution in [3.05, 3.63) is 35.4 Å². The minimum Gasteiger partial charge on any atom is -0.316 e. The van der Waals surface area contributed by atoms with Crippen LogP contribution in [0, 0.1) is 0 Å². The summed E-state index contributed by atoms with van der Waals surface area (Å²) in [6, 6.07) is 7.97. The molecular formula is C14H22N2O2S. The Bertz CT molecular complexity index is 507. The fraction of sp³-hybridized carbons (Fsp3) is 0.571. The number of nitrogens with zero attached hydrogens (tertiary/aromatic N) is 1. The van der Waals surface area contributed by atoms with E-state index in [0.29, 0.717) is 0 Å². The molecule has 0 unspecified atom stereocenters. The Morgan fingerprint density at radius 2 is 1.79 bits per heavy atom. The molecule has 19 heavy (non-hydrogen) atoms. The average molecular weight is 282 g/mol. The van der Waals surface area contributed by atoms with Crippen LogP contribution in [0.1, 0.15) is 30.4 Å². The minimum absolute atomic E-state index is 0.0971. The van der Waals surface area contributed by atoms with Crippen LogP contribution < -0.4 is 5.32 Å². The fourth-order valence-corrected chi connectivity index (χ4v) is 3.73. The standard InChI is InChI=1S/C14H22N2O2S/c1-15-10-12-6-8-13(9-7-12)11-19(17,18)16(2)14-4-3-5-14/h6-9,14-15H,3-5,10-11H2,1-2H3. The number of nitrogens with one attached hydrogen (secondary N) is 1. The Morgan fingerprint density at radius 1 is 1.21 bits per heavy atom. The van der Waals surface area contributed by atoms with E-state index in [2.05, 4.69) is 5.32 Å². The van der Waals surface area contributed by atoms with E-state index in [-0.39, 0.29) is 11.8 Å². The summed E-state index contributed by atoms with van der Waals surface area (Å²) in [5.41, 5.74) is 2.02. The van der Waals surface area contributed by atoms with Gasteiger partial charge in [0.15, 0.2) is 0 Å². The van der Waals surface area contributed by atoms with Crippen molar-refractivity contribution in [1.82, 2.24) is 9.62 Å². The zero-order chi connectivity index (χ0) is 13.9. The second kappa shape index (κ2) is 6.03. The molecule has 106 valence electrons. The van der Waals surface area contributed by atoms with E-state index in [1.807, 2.05) is 31.3 Å². The maximum absolute atomic E-state index is 12.3. The van der Waals surface area contributed by atoms with E-state index in [4.69, 9.17) is 0 Å². The van der Waals surface area contributed by atoms with E-state index >= 15 is 0 Å². The van der Waals surface area contributed by atoms with Crippen LogP contribution in [0.4, 0.5) is 0 Å². The lowest BCUT2D eigenvalue weighted by Crippen LogP contribution is -2.41. The first-order chi connectivity index (χ1) is 9.03. The molecule has 0 heterocycles. The van der Waals surface area contributed by atoms with Gasteiger partial charge in [0.2, 0.25) is 10.0 Å². The Kier molecular flexibility index (Phi) is 4.60. The summed E-state index contributed by atoms with van der Waals surface area (Å²) >= 11 is 0. The maximum Gasteiger partial charge on any atom is 0.218 e. The molecule has 1 fully saturated rings. The van der Waals surface area contributed by atoms with Gasteiger partial charge in [-0.3, -0.25) is 0 Å². The Morgan fingerprint density at radius 3 is 2.26 bits per heavy atom. The molecule has 1 aromatic carbocycles. The molecule has 0 atom stereocenters. The smallest absolute Gasteiger partial charge is 0.218 e. The van der Waals surface area contributed by atoms with E-state index in [0.717, 1.165) is 36.9 Å². The lowest BCUT2D eigenvalue weighted by Gasteiger charge is -2.33. The van der Waals surface area contributed by atoms with Crippen LogP contribution >= 0.6 is 0 Å². The molecule has 0 radical (unpaired) electrons. The molecule has 0 bridgehead atoms. The van der Waals surface area contributed by atoms with Crippen LogP contribution in [0.25, 0.3) is 0 Å². The van der Waals surface area contributed by atoms with Gasteiger partial charge in [-0.15, -0.1) is 0 Å². The van der Waals surface area contributed by atoms with E-state index in [1.165, 1.54) is 0 Å². The summed E-state index contributed by atoms with van der Waals surface area (Å²) in [5.74, 6) is 0.0971. The highest BCUT2D eigenvalue weighted by molar-refractivity contribution is 7.88. The van der Waals surface area contributed by atoms with Gasteiger partial charge in [0.25, 0.3) is 0 Å². The molecule has 5 heteroatoms. The normalized spacial score (nSPS) is 16.6. The maximum atomic E-state index is 12.3. The number of hydrogen-bond acceptors (Lipinski definition) is 3. The minimum atomic E-state index is -3.18. The quantitative estimate of drug-likeness (QED) is 0.864. The third kappa shape index (κ3) is 3.55. The predicted molar refractivity (Wildman–Crippen MR) is 77.2 cm³/mol. The van der Waals surface area contributed by atoms with Crippen molar-refractivity contribution in [2.24, 2.45) is 0 Å². The highest BCUT2D eigenvalue weighted by Crippen LogP contribution is 2.26. The van der Waals surface area contributed by atoms with Crippen molar-refractivity contribution >= 4 is 10.0 Å². The number of hydrogen-bond donors (Lipinski definition) is 1. The van der Waals surface area contributed by atoms with Crippen LogP contribution in [0.2, 0.25) is 0 Å². The summed E-state index contributed by atoms with van der Waals surface area (Å²) in [4.78, 5) is 0. The highest BCUT2D eigenvalue weighted by atomic mass is 32.2. The summed E-state index contributed by atoms with van der Waals surface area (Å²) in [7, 11) is 0.417. The summed E-state index contributed by atoms with van der Waals surface area (Å²) in [6.07, 6.45) is 3.14. The van der Waals surface area contributed by atoms with Crippen molar-refractivity contribution in [1.29, 1.82) is 0 Å². The van der Waals surface area contributed by atoms with Crippen LogP contribution in [0.5, 0.6) is 0 Å². The molecule has 0 amide bonds. The fourth-order valence-electron chi connectivity index (χ4n) is 2.25. The molecule has 0 aliphatic heterocycles. The molecular weight excluding hydrogens is 260 g/mol. The second-order valence-electron chi connectivity index (χ2n) is 5.20. The van der Waals surface area contributed by atoms with E-state index in [9.17, 15) is 8.42 Å². The van der Waals surface area contributed by atoms with Gasteiger partial charge in [-0.1, -0.05) is 30.7 Å². The summed E-state index contributed by atoms with van der Waals surface area (Å²) in [6.45, 7) is 0.801. The van der Waals surface area contributed by atoms with Crippen molar-refractivity contribution in [3.63, 3.8) is 0 Å². The first-order valence-electron chi connectivity index (χ1n) is 6.71. The molecule has 1 saturated carbocycles. The third-order valence-corrected chi connectivity index (χ3v) is 5.65. The molecule has 1 aromatic rings. The average Bonchev–Trinajstić information content (AvgIpc) is 2.29. The van der Waals surface area contributed by atoms with Crippen molar-refractivity contribution < 1.29 is 8.42 Å². The molecule has 0 spiro atoms. The molecule has 0 saturated heterocycles. The first kappa shape index (κ1) is 14.5. The molecule has 4 nitrogen and oxygen atoms in total. The molecule has 1 aliphatic carbocycles. The van der Waals surface area contributed by atoms with Gasteiger partial charge >= 0.3 is 0 Å². The summed E-state index contributed by atoms with van der Waals surface area (Å²) < 4.78 is 26.1. The zero-order valence-electron chi connectivity index (χ0n) is 11.6. The first-order valence-corrected chi connectivity index (χ1v) is 8.32. The Hall–Kier alpha value is -0.910. The predicted octanol–water partition coefficient (Wildman–Crippen LogP) is 1.72. The van der Waals surface area contributed by atoms with E-state index in [1.54, 1.807) is 11.4 Å².